The van der Waals surface area contributed by atoms with E-state index in [1.165, 1.54) is 62.9 Å². The molecule has 0 aromatic carbocycles. The molecule has 1 aliphatic heterocycles. The van der Waals surface area contributed by atoms with E-state index < -0.39 is 0 Å². The van der Waals surface area contributed by atoms with Gasteiger partial charge in [-0.15, -0.1) is 11.3 Å². The highest BCUT2D eigenvalue weighted by Crippen LogP contribution is 2.44. The molecule has 2 nitrogen and oxygen atoms in total. The zero-order valence-electron chi connectivity index (χ0n) is 12.7. The minimum absolute atomic E-state index is 0.0541. The number of rotatable bonds is 2. The van der Waals surface area contributed by atoms with E-state index in [-0.39, 0.29) is 6.61 Å². The van der Waals surface area contributed by atoms with Gasteiger partial charge < -0.3 is 5.11 Å². The van der Waals surface area contributed by atoms with Crippen LogP contribution in [0.25, 0.3) is 0 Å². The number of aliphatic hydroxyl groups is 1. The molecule has 3 rings (SSSR count). The van der Waals surface area contributed by atoms with E-state index in [9.17, 15) is 0 Å². The Morgan fingerprint density at radius 1 is 1.10 bits per heavy atom. The van der Waals surface area contributed by atoms with Gasteiger partial charge >= 0.3 is 0 Å². The summed E-state index contributed by atoms with van der Waals surface area (Å²) in [5, 5.41) is 8.74. The van der Waals surface area contributed by atoms with E-state index >= 15 is 0 Å². The fourth-order valence-electron chi connectivity index (χ4n) is 3.86. The SMILES string of the molecule is OCC#Cc1ccc(CN2CCC3(CCCCC3)CC2)s1. The molecule has 0 bridgehead atoms. The van der Waals surface area contributed by atoms with Crippen LogP contribution < -0.4 is 0 Å². The Morgan fingerprint density at radius 2 is 1.86 bits per heavy atom. The summed E-state index contributed by atoms with van der Waals surface area (Å²) < 4.78 is 0. The quantitative estimate of drug-likeness (QED) is 0.843. The Labute approximate surface area is 132 Å². The lowest BCUT2D eigenvalue weighted by molar-refractivity contribution is 0.0646. The summed E-state index contributed by atoms with van der Waals surface area (Å²) in [4.78, 5) is 5.08. The first-order chi connectivity index (χ1) is 10.3. The molecule has 1 saturated heterocycles. The summed E-state index contributed by atoms with van der Waals surface area (Å²) in [6.45, 7) is 3.54. The standard InChI is InChI=1S/C18H25NOS/c20-14-4-5-16-6-7-17(21-16)15-19-12-10-18(11-13-19)8-2-1-3-9-18/h6-7,20H,1-3,8-15H2. The molecule has 1 spiro atoms. The van der Waals surface area contributed by atoms with Crippen molar-refractivity contribution in [2.24, 2.45) is 5.41 Å². The molecule has 1 aliphatic carbocycles. The van der Waals surface area contributed by atoms with Crippen molar-refractivity contribution in [3.05, 3.63) is 21.9 Å². The molecular formula is C18H25NOS. The highest BCUT2D eigenvalue weighted by molar-refractivity contribution is 7.12. The first kappa shape index (κ1) is 15.1. The van der Waals surface area contributed by atoms with E-state index in [0.29, 0.717) is 5.41 Å². The van der Waals surface area contributed by atoms with Crippen molar-refractivity contribution in [3.8, 4) is 11.8 Å². The van der Waals surface area contributed by atoms with E-state index in [2.05, 4.69) is 28.9 Å². The van der Waals surface area contributed by atoms with Gasteiger partial charge in [0.1, 0.15) is 6.61 Å². The van der Waals surface area contributed by atoms with Crippen LogP contribution in [0.3, 0.4) is 0 Å². The van der Waals surface area contributed by atoms with Gasteiger partial charge in [0.15, 0.2) is 0 Å². The largest absolute Gasteiger partial charge is 0.384 e. The van der Waals surface area contributed by atoms with Gasteiger partial charge in [0, 0.05) is 11.4 Å². The van der Waals surface area contributed by atoms with Crippen LogP contribution in [-0.4, -0.2) is 29.7 Å². The van der Waals surface area contributed by atoms with Crippen molar-refractivity contribution in [2.45, 2.75) is 51.5 Å². The Morgan fingerprint density at radius 3 is 2.57 bits per heavy atom. The zero-order chi connectivity index (χ0) is 14.5. The third kappa shape index (κ3) is 3.88. The highest BCUT2D eigenvalue weighted by Gasteiger charge is 2.35. The predicted molar refractivity (Wildman–Crippen MR) is 88.3 cm³/mol. The Bertz CT molecular complexity index is 509. The molecule has 0 atom stereocenters. The third-order valence-corrected chi connectivity index (χ3v) is 6.15. The lowest BCUT2D eigenvalue weighted by Crippen LogP contribution is -2.40. The Hall–Kier alpha value is -0.820. The average molecular weight is 303 g/mol. The van der Waals surface area contributed by atoms with Crippen LogP contribution in [0.4, 0.5) is 0 Å². The maximum atomic E-state index is 8.74. The van der Waals surface area contributed by atoms with Crippen molar-refractivity contribution < 1.29 is 5.11 Å². The second kappa shape index (κ2) is 6.96. The van der Waals surface area contributed by atoms with Crippen molar-refractivity contribution in [3.63, 3.8) is 0 Å². The molecule has 1 saturated carbocycles. The van der Waals surface area contributed by atoms with E-state index in [1.807, 2.05) is 0 Å². The molecule has 0 radical (unpaired) electrons. The van der Waals surface area contributed by atoms with Crippen LogP contribution in [0.1, 0.15) is 54.7 Å². The lowest BCUT2D eigenvalue weighted by Gasteiger charge is -2.44. The van der Waals surface area contributed by atoms with Crippen LogP contribution in [0.5, 0.6) is 0 Å². The second-order valence-electron chi connectivity index (χ2n) is 6.56. The van der Waals surface area contributed by atoms with E-state index in [0.717, 1.165) is 11.4 Å². The maximum Gasteiger partial charge on any atom is 0.104 e. The molecule has 2 fully saturated rings. The van der Waals surface area contributed by atoms with Gasteiger partial charge in [0.25, 0.3) is 0 Å². The summed E-state index contributed by atoms with van der Waals surface area (Å²) in [6.07, 6.45) is 10.1. The minimum Gasteiger partial charge on any atom is -0.384 e. The minimum atomic E-state index is -0.0541. The van der Waals surface area contributed by atoms with Crippen LogP contribution in [0, 0.1) is 17.3 Å². The number of piperidine rings is 1. The van der Waals surface area contributed by atoms with Gasteiger partial charge in [0.2, 0.25) is 0 Å². The molecule has 1 aromatic rings. The average Bonchev–Trinajstić information content (AvgIpc) is 2.96. The molecule has 1 N–H and O–H groups in total. The number of aliphatic hydroxyl groups excluding tert-OH is 1. The van der Waals surface area contributed by atoms with Crippen molar-refractivity contribution >= 4 is 11.3 Å². The number of likely N-dealkylation sites (tertiary alicyclic amines) is 1. The summed E-state index contributed by atoms with van der Waals surface area (Å²) >= 11 is 1.77. The maximum absolute atomic E-state index is 8.74. The summed E-state index contributed by atoms with van der Waals surface area (Å²) in [5.74, 6) is 5.72. The van der Waals surface area contributed by atoms with Gasteiger partial charge in [-0.2, -0.15) is 0 Å². The smallest absolute Gasteiger partial charge is 0.104 e. The fraction of sp³-hybridized carbons (Fsp3) is 0.667. The molecule has 0 amide bonds. The predicted octanol–water partition coefficient (Wildman–Crippen LogP) is 3.64. The van der Waals surface area contributed by atoms with Crippen LogP contribution in [0.2, 0.25) is 0 Å². The molecule has 1 aromatic heterocycles. The monoisotopic (exact) mass is 303 g/mol. The molecule has 3 heteroatoms. The molecule has 2 aliphatic rings. The van der Waals surface area contributed by atoms with Crippen molar-refractivity contribution in [2.75, 3.05) is 19.7 Å². The first-order valence-electron chi connectivity index (χ1n) is 8.21. The van der Waals surface area contributed by atoms with Crippen molar-refractivity contribution in [1.82, 2.24) is 4.90 Å². The first-order valence-corrected chi connectivity index (χ1v) is 9.02. The molecule has 2 heterocycles. The molecule has 21 heavy (non-hydrogen) atoms. The van der Waals surface area contributed by atoms with Crippen molar-refractivity contribution in [1.29, 1.82) is 0 Å². The van der Waals surface area contributed by atoms with Gasteiger partial charge in [-0.3, -0.25) is 4.90 Å². The topological polar surface area (TPSA) is 23.5 Å². The van der Waals surface area contributed by atoms with Crippen LogP contribution in [-0.2, 0) is 6.54 Å². The Kier molecular flexibility index (Phi) is 5.00. The van der Waals surface area contributed by atoms with Gasteiger partial charge in [-0.25, -0.2) is 0 Å². The highest BCUT2D eigenvalue weighted by atomic mass is 32.1. The summed E-state index contributed by atoms with van der Waals surface area (Å²) in [6, 6.07) is 4.27. The molecule has 0 unspecified atom stereocenters. The number of hydrogen-bond acceptors (Lipinski definition) is 3. The Balaban J connectivity index is 1.52. The fourth-order valence-corrected chi connectivity index (χ4v) is 4.79. The van der Waals surface area contributed by atoms with Gasteiger partial charge in [-0.05, 0) is 56.3 Å². The summed E-state index contributed by atoms with van der Waals surface area (Å²) in [5.41, 5.74) is 0.696. The third-order valence-electron chi connectivity index (χ3n) is 5.16. The van der Waals surface area contributed by atoms with E-state index in [1.54, 1.807) is 11.3 Å². The van der Waals surface area contributed by atoms with Crippen LogP contribution in [0.15, 0.2) is 12.1 Å². The zero-order valence-corrected chi connectivity index (χ0v) is 13.6. The van der Waals surface area contributed by atoms with Gasteiger partial charge in [0.05, 0.1) is 4.88 Å². The van der Waals surface area contributed by atoms with E-state index in [4.69, 9.17) is 5.11 Å². The number of nitrogens with zero attached hydrogens (tertiary/aromatic N) is 1. The number of hydrogen-bond donors (Lipinski definition) is 1. The van der Waals surface area contributed by atoms with Gasteiger partial charge in [-0.1, -0.05) is 31.1 Å². The lowest BCUT2D eigenvalue weighted by atomic mass is 9.68. The molecule has 114 valence electrons. The summed E-state index contributed by atoms with van der Waals surface area (Å²) in [7, 11) is 0. The molecular weight excluding hydrogens is 278 g/mol. The second-order valence-corrected chi connectivity index (χ2v) is 7.73. The normalized spacial score (nSPS) is 22.0. The van der Waals surface area contributed by atoms with Crippen LogP contribution >= 0.6 is 11.3 Å². The number of thiophene rings is 1.